The number of methoxy groups -OCH3 is 1. The Bertz CT molecular complexity index is 1020. The van der Waals surface area contributed by atoms with Crippen molar-refractivity contribution >= 4 is 28.0 Å². The smallest absolute Gasteiger partial charge is 0.253 e. The van der Waals surface area contributed by atoms with Gasteiger partial charge in [0.1, 0.15) is 5.75 Å². The van der Waals surface area contributed by atoms with E-state index in [1.165, 1.54) is 0 Å². The van der Waals surface area contributed by atoms with Crippen LogP contribution in [0.15, 0.2) is 47.3 Å². The van der Waals surface area contributed by atoms with Crippen LogP contribution in [0.3, 0.4) is 0 Å². The first-order valence-electron chi connectivity index (χ1n) is 8.39. The van der Waals surface area contributed by atoms with E-state index < -0.39 is 0 Å². The third-order valence-electron chi connectivity index (χ3n) is 4.85. The number of nitrogens with zero attached hydrogens (tertiary/aromatic N) is 2. The molecule has 2 heterocycles. The van der Waals surface area contributed by atoms with Crippen LogP contribution in [-0.4, -0.2) is 24.8 Å². The first kappa shape index (κ1) is 15.6. The van der Waals surface area contributed by atoms with Gasteiger partial charge >= 0.3 is 0 Å². The second-order valence-electron chi connectivity index (χ2n) is 6.37. The Hall–Kier alpha value is -2.95. The summed E-state index contributed by atoms with van der Waals surface area (Å²) in [6, 6.07) is 14.2. The fraction of sp³-hybridized carbons (Fsp3) is 0.250. The van der Waals surface area contributed by atoms with Gasteiger partial charge < -0.3 is 19.5 Å². The summed E-state index contributed by atoms with van der Waals surface area (Å²) in [5, 5.41) is 4.50. The zero-order valence-electron chi connectivity index (χ0n) is 14.7. The average Bonchev–Trinajstić information content (AvgIpc) is 2.65. The lowest BCUT2D eigenvalue weighted by Gasteiger charge is -2.33. The van der Waals surface area contributed by atoms with Gasteiger partial charge in [-0.25, -0.2) is 0 Å². The van der Waals surface area contributed by atoms with E-state index in [0.29, 0.717) is 0 Å². The zero-order valence-corrected chi connectivity index (χ0v) is 14.7. The van der Waals surface area contributed by atoms with E-state index in [2.05, 4.69) is 22.3 Å². The highest BCUT2D eigenvalue weighted by Gasteiger charge is 2.21. The molecule has 0 radical (unpaired) electrons. The summed E-state index contributed by atoms with van der Waals surface area (Å²) < 4.78 is 7.21. The number of fused-ring (bicyclic) bond motifs is 2. The van der Waals surface area contributed by atoms with Gasteiger partial charge in [-0.3, -0.25) is 4.79 Å². The summed E-state index contributed by atoms with van der Waals surface area (Å²) in [4.78, 5) is 14.7. The minimum atomic E-state index is 0.0208. The largest absolute Gasteiger partial charge is 0.497 e. The van der Waals surface area contributed by atoms with Gasteiger partial charge in [0, 0.05) is 43.2 Å². The molecule has 0 amide bonds. The van der Waals surface area contributed by atoms with Gasteiger partial charge in [0.15, 0.2) is 0 Å². The maximum Gasteiger partial charge on any atom is 0.253 e. The number of rotatable bonds is 2. The van der Waals surface area contributed by atoms with Gasteiger partial charge in [-0.15, -0.1) is 0 Å². The van der Waals surface area contributed by atoms with Crippen LogP contribution in [0.1, 0.15) is 5.56 Å². The first-order valence-corrected chi connectivity index (χ1v) is 8.39. The van der Waals surface area contributed by atoms with Crippen LogP contribution in [0.4, 0.5) is 17.1 Å². The lowest BCUT2D eigenvalue weighted by molar-refractivity contribution is 0.415. The SMILES string of the molecule is COc1cc(N2CCNc3ccccc32)c2cc(C)c(=O)n(C)c2c1. The van der Waals surface area contributed by atoms with E-state index in [0.717, 1.165) is 52.4 Å². The summed E-state index contributed by atoms with van der Waals surface area (Å²) in [7, 11) is 3.47. The number of pyridine rings is 1. The van der Waals surface area contributed by atoms with Crippen molar-refractivity contribution in [2.75, 3.05) is 30.4 Å². The second kappa shape index (κ2) is 5.84. The van der Waals surface area contributed by atoms with Crippen molar-refractivity contribution in [2.45, 2.75) is 6.92 Å². The number of ether oxygens (including phenoxy) is 1. The van der Waals surface area contributed by atoms with Crippen LogP contribution in [0, 0.1) is 6.92 Å². The molecule has 3 aromatic rings. The number of anilines is 3. The molecule has 0 saturated heterocycles. The van der Waals surface area contributed by atoms with Crippen LogP contribution in [0.25, 0.3) is 10.9 Å². The Morgan fingerprint density at radius 3 is 2.72 bits per heavy atom. The molecule has 2 aromatic carbocycles. The summed E-state index contributed by atoms with van der Waals surface area (Å²) in [5.41, 5.74) is 4.95. The van der Waals surface area contributed by atoms with Crippen LogP contribution in [0.2, 0.25) is 0 Å². The molecule has 1 N–H and O–H groups in total. The van der Waals surface area contributed by atoms with Crippen molar-refractivity contribution in [3.63, 3.8) is 0 Å². The topological polar surface area (TPSA) is 46.5 Å². The summed E-state index contributed by atoms with van der Waals surface area (Å²) in [5.74, 6) is 0.748. The molecule has 5 nitrogen and oxygen atoms in total. The van der Waals surface area contributed by atoms with Gasteiger partial charge in [-0.1, -0.05) is 12.1 Å². The van der Waals surface area contributed by atoms with E-state index in [1.54, 1.807) is 11.7 Å². The van der Waals surface area contributed by atoms with Crippen LogP contribution >= 0.6 is 0 Å². The number of hydrogen-bond acceptors (Lipinski definition) is 4. The van der Waals surface area contributed by atoms with Crippen molar-refractivity contribution in [3.8, 4) is 5.75 Å². The molecule has 0 saturated carbocycles. The maximum absolute atomic E-state index is 12.4. The van der Waals surface area contributed by atoms with E-state index in [1.807, 2.05) is 44.3 Å². The quantitative estimate of drug-likeness (QED) is 0.779. The van der Waals surface area contributed by atoms with Gasteiger partial charge in [-0.2, -0.15) is 0 Å². The molecule has 4 rings (SSSR count). The minimum Gasteiger partial charge on any atom is -0.497 e. The van der Waals surface area contributed by atoms with Crippen molar-refractivity contribution in [1.29, 1.82) is 0 Å². The Balaban J connectivity index is 2.04. The van der Waals surface area contributed by atoms with Gasteiger partial charge in [0.25, 0.3) is 5.56 Å². The maximum atomic E-state index is 12.4. The highest BCUT2D eigenvalue weighted by molar-refractivity contribution is 5.97. The van der Waals surface area contributed by atoms with Crippen molar-refractivity contribution < 1.29 is 4.74 Å². The molecule has 0 unspecified atom stereocenters. The molecular formula is C20H21N3O2. The van der Waals surface area contributed by atoms with E-state index in [4.69, 9.17) is 4.74 Å². The third kappa shape index (κ3) is 2.43. The average molecular weight is 335 g/mol. The molecule has 25 heavy (non-hydrogen) atoms. The molecule has 1 aliphatic rings. The van der Waals surface area contributed by atoms with Gasteiger partial charge in [0.05, 0.1) is 29.7 Å². The predicted molar refractivity (Wildman–Crippen MR) is 102 cm³/mol. The van der Waals surface area contributed by atoms with Crippen LogP contribution < -0.4 is 20.5 Å². The molecule has 1 aromatic heterocycles. The fourth-order valence-electron chi connectivity index (χ4n) is 3.55. The lowest BCUT2D eigenvalue weighted by atomic mass is 10.1. The Morgan fingerprint density at radius 1 is 1.12 bits per heavy atom. The molecule has 0 bridgehead atoms. The second-order valence-corrected chi connectivity index (χ2v) is 6.37. The van der Waals surface area contributed by atoms with Crippen LogP contribution in [-0.2, 0) is 7.05 Å². The summed E-state index contributed by atoms with van der Waals surface area (Å²) in [6.45, 7) is 3.57. The monoisotopic (exact) mass is 335 g/mol. The Kier molecular flexibility index (Phi) is 3.64. The fourth-order valence-corrected chi connectivity index (χ4v) is 3.55. The number of hydrogen-bond donors (Lipinski definition) is 1. The first-order chi connectivity index (χ1) is 12.1. The molecule has 5 heteroatoms. The number of para-hydroxylation sites is 2. The molecule has 0 atom stereocenters. The molecule has 128 valence electrons. The highest BCUT2D eigenvalue weighted by atomic mass is 16.5. The summed E-state index contributed by atoms with van der Waals surface area (Å²) in [6.07, 6.45) is 0. The molecule has 0 spiro atoms. The standard InChI is InChI=1S/C20H21N3O2/c1-13-10-15-18(22(2)20(13)24)11-14(25-3)12-19(15)23-9-8-21-16-6-4-5-7-17(16)23/h4-7,10-12,21H,8-9H2,1-3H3. The number of nitrogens with one attached hydrogen (secondary N) is 1. The summed E-state index contributed by atoms with van der Waals surface area (Å²) >= 11 is 0. The molecular weight excluding hydrogens is 314 g/mol. The van der Waals surface area contributed by atoms with Crippen LogP contribution in [0.5, 0.6) is 5.75 Å². The van der Waals surface area contributed by atoms with Gasteiger partial charge in [0.2, 0.25) is 0 Å². The van der Waals surface area contributed by atoms with Crippen molar-refractivity contribution in [2.24, 2.45) is 7.05 Å². The predicted octanol–water partition coefficient (Wildman–Crippen LogP) is 3.42. The van der Waals surface area contributed by atoms with Crippen molar-refractivity contribution in [3.05, 3.63) is 58.4 Å². The number of aromatic nitrogens is 1. The molecule has 1 aliphatic heterocycles. The van der Waals surface area contributed by atoms with Crippen molar-refractivity contribution in [1.82, 2.24) is 4.57 Å². The van der Waals surface area contributed by atoms with E-state index in [9.17, 15) is 4.79 Å². The van der Waals surface area contributed by atoms with E-state index >= 15 is 0 Å². The van der Waals surface area contributed by atoms with Gasteiger partial charge in [-0.05, 0) is 25.1 Å². The lowest BCUT2D eigenvalue weighted by Crippen LogP contribution is -2.30. The Labute approximate surface area is 146 Å². The third-order valence-corrected chi connectivity index (χ3v) is 4.85. The Morgan fingerprint density at radius 2 is 1.92 bits per heavy atom. The molecule has 0 fully saturated rings. The number of benzene rings is 2. The normalized spacial score (nSPS) is 13.5. The zero-order chi connectivity index (χ0) is 17.6. The molecule has 0 aliphatic carbocycles. The minimum absolute atomic E-state index is 0.0208. The van der Waals surface area contributed by atoms with E-state index in [-0.39, 0.29) is 5.56 Å². The number of aryl methyl sites for hydroxylation is 2. The highest BCUT2D eigenvalue weighted by Crippen LogP contribution is 2.39.